The minimum atomic E-state index is -0.0876. The minimum absolute atomic E-state index is 0.0876. The molecule has 1 fully saturated rings. The Morgan fingerprint density at radius 2 is 2.20 bits per heavy atom. The van der Waals surface area contributed by atoms with Crippen LogP contribution in [0.1, 0.15) is 18.7 Å². The largest absolute Gasteiger partial charge is 0.356 e. The van der Waals surface area contributed by atoms with Crippen molar-refractivity contribution in [1.29, 1.82) is 0 Å². The maximum atomic E-state index is 11.4. The number of nitrogens with two attached hydrogens (primary N) is 1. The van der Waals surface area contributed by atoms with E-state index in [0.29, 0.717) is 18.8 Å². The van der Waals surface area contributed by atoms with E-state index in [1.54, 1.807) is 6.07 Å². The average Bonchev–Trinajstić information content (AvgIpc) is 2.70. The molecule has 1 saturated heterocycles. The van der Waals surface area contributed by atoms with Gasteiger partial charge in [-0.1, -0.05) is 0 Å². The molecule has 0 radical (unpaired) electrons. The summed E-state index contributed by atoms with van der Waals surface area (Å²) in [7, 11) is 0. The third-order valence-electron chi connectivity index (χ3n) is 2.59. The fourth-order valence-electron chi connectivity index (χ4n) is 1.86. The van der Waals surface area contributed by atoms with Crippen LogP contribution in [0.25, 0.3) is 0 Å². The lowest BCUT2D eigenvalue weighted by Crippen LogP contribution is -2.23. The van der Waals surface area contributed by atoms with Gasteiger partial charge in [0.25, 0.3) is 5.56 Å². The molecule has 1 aliphatic rings. The Labute approximate surface area is 88.3 Å². The van der Waals surface area contributed by atoms with E-state index >= 15 is 0 Å². The van der Waals surface area contributed by atoms with E-state index in [-0.39, 0.29) is 5.56 Å². The molecule has 82 valence electrons. The van der Waals surface area contributed by atoms with Crippen molar-refractivity contribution in [2.75, 3.05) is 24.5 Å². The van der Waals surface area contributed by atoms with Gasteiger partial charge >= 0.3 is 0 Å². The van der Waals surface area contributed by atoms with Gasteiger partial charge in [-0.05, 0) is 19.4 Å². The molecule has 5 heteroatoms. The molecule has 2 heterocycles. The van der Waals surface area contributed by atoms with Gasteiger partial charge in [0.05, 0.1) is 0 Å². The van der Waals surface area contributed by atoms with Crippen LogP contribution < -0.4 is 16.2 Å². The van der Waals surface area contributed by atoms with Gasteiger partial charge < -0.3 is 15.6 Å². The van der Waals surface area contributed by atoms with Crippen LogP contribution in [0, 0.1) is 0 Å². The highest BCUT2D eigenvalue weighted by molar-refractivity contribution is 5.38. The van der Waals surface area contributed by atoms with Crippen LogP contribution in [-0.4, -0.2) is 29.6 Å². The van der Waals surface area contributed by atoms with Crippen molar-refractivity contribution in [3.8, 4) is 0 Å². The third kappa shape index (κ3) is 2.36. The summed E-state index contributed by atoms with van der Waals surface area (Å²) < 4.78 is 0. The third-order valence-corrected chi connectivity index (χ3v) is 2.59. The van der Waals surface area contributed by atoms with E-state index in [4.69, 9.17) is 5.73 Å². The number of hydrogen-bond acceptors (Lipinski definition) is 4. The van der Waals surface area contributed by atoms with E-state index in [9.17, 15) is 4.79 Å². The fourth-order valence-corrected chi connectivity index (χ4v) is 1.86. The smallest absolute Gasteiger partial charge is 0.252 e. The van der Waals surface area contributed by atoms with Crippen LogP contribution in [0.4, 0.5) is 5.82 Å². The molecule has 15 heavy (non-hydrogen) atoms. The molecule has 3 N–H and O–H groups in total. The monoisotopic (exact) mass is 208 g/mol. The number of rotatable bonds is 3. The van der Waals surface area contributed by atoms with Gasteiger partial charge in [0.2, 0.25) is 0 Å². The standard InChI is InChI=1S/C10H16N4O/c11-4-3-8-12-9(7-10(15)13-8)14-5-1-2-6-14/h7H,1-6,11H2,(H,12,13,15). The van der Waals surface area contributed by atoms with Gasteiger partial charge in [-0.2, -0.15) is 0 Å². The average molecular weight is 208 g/mol. The Hall–Kier alpha value is -1.36. The van der Waals surface area contributed by atoms with Crippen molar-refractivity contribution in [3.63, 3.8) is 0 Å². The number of nitrogens with one attached hydrogen (secondary N) is 1. The normalized spacial score (nSPS) is 15.9. The first-order valence-electron chi connectivity index (χ1n) is 5.35. The van der Waals surface area contributed by atoms with Crippen LogP contribution in [-0.2, 0) is 6.42 Å². The van der Waals surface area contributed by atoms with Crippen molar-refractivity contribution in [3.05, 3.63) is 22.2 Å². The zero-order chi connectivity index (χ0) is 10.7. The van der Waals surface area contributed by atoms with Crippen LogP contribution in [0.3, 0.4) is 0 Å². The summed E-state index contributed by atoms with van der Waals surface area (Å²) in [5, 5.41) is 0. The highest BCUT2D eigenvalue weighted by Gasteiger charge is 2.14. The lowest BCUT2D eigenvalue weighted by Gasteiger charge is -2.16. The van der Waals surface area contributed by atoms with Crippen LogP contribution in [0.2, 0.25) is 0 Å². The Kier molecular flexibility index (Phi) is 3.01. The van der Waals surface area contributed by atoms with E-state index in [1.165, 1.54) is 12.8 Å². The van der Waals surface area contributed by atoms with Crippen LogP contribution >= 0.6 is 0 Å². The SMILES string of the molecule is NCCc1nc(N2CCCC2)cc(=O)[nH]1. The van der Waals surface area contributed by atoms with Gasteiger partial charge in [0, 0.05) is 25.6 Å². The Morgan fingerprint density at radius 3 is 2.87 bits per heavy atom. The molecule has 0 amide bonds. The summed E-state index contributed by atoms with van der Waals surface area (Å²) in [5.74, 6) is 1.48. The summed E-state index contributed by atoms with van der Waals surface area (Å²) in [4.78, 5) is 20.6. The number of aromatic nitrogens is 2. The number of aromatic amines is 1. The lowest BCUT2D eigenvalue weighted by atomic mass is 10.4. The van der Waals surface area contributed by atoms with Gasteiger partial charge in [-0.3, -0.25) is 4.79 Å². The molecule has 0 saturated carbocycles. The molecule has 0 spiro atoms. The van der Waals surface area contributed by atoms with E-state index in [2.05, 4.69) is 14.9 Å². The van der Waals surface area contributed by atoms with Crippen molar-refractivity contribution >= 4 is 5.82 Å². The lowest BCUT2D eigenvalue weighted by molar-refractivity contribution is 0.832. The maximum absolute atomic E-state index is 11.4. The summed E-state index contributed by atoms with van der Waals surface area (Å²) in [6.07, 6.45) is 2.98. The molecule has 0 aromatic carbocycles. The van der Waals surface area contributed by atoms with Gasteiger partial charge in [-0.15, -0.1) is 0 Å². The van der Waals surface area contributed by atoms with Crippen molar-refractivity contribution in [2.45, 2.75) is 19.3 Å². The summed E-state index contributed by atoms with van der Waals surface area (Å²) >= 11 is 0. The molecule has 1 aliphatic heterocycles. The molecule has 0 aliphatic carbocycles. The van der Waals surface area contributed by atoms with Crippen LogP contribution in [0.15, 0.2) is 10.9 Å². The number of nitrogens with zero attached hydrogens (tertiary/aromatic N) is 2. The molecule has 2 rings (SSSR count). The molecule has 5 nitrogen and oxygen atoms in total. The Bertz CT molecular complexity index is 381. The van der Waals surface area contributed by atoms with Gasteiger partial charge in [-0.25, -0.2) is 4.98 Å². The number of H-pyrrole nitrogens is 1. The van der Waals surface area contributed by atoms with Crippen LogP contribution in [0.5, 0.6) is 0 Å². The second-order valence-corrected chi connectivity index (χ2v) is 3.78. The molecule has 0 atom stereocenters. The summed E-state index contributed by atoms with van der Waals surface area (Å²) in [6, 6.07) is 1.56. The topological polar surface area (TPSA) is 75.0 Å². The first-order valence-corrected chi connectivity index (χ1v) is 5.35. The molecule has 0 bridgehead atoms. The highest BCUT2D eigenvalue weighted by Crippen LogP contribution is 2.15. The number of hydrogen-bond donors (Lipinski definition) is 2. The molecule has 1 aromatic heterocycles. The van der Waals surface area contributed by atoms with Gasteiger partial charge in [0.1, 0.15) is 11.6 Å². The summed E-state index contributed by atoms with van der Waals surface area (Å²) in [6.45, 7) is 2.50. The molecular weight excluding hydrogens is 192 g/mol. The predicted molar refractivity (Wildman–Crippen MR) is 59.1 cm³/mol. The van der Waals surface area contributed by atoms with E-state index in [0.717, 1.165) is 18.9 Å². The highest BCUT2D eigenvalue weighted by atomic mass is 16.1. The minimum Gasteiger partial charge on any atom is -0.356 e. The van der Waals surface area contributed by atoms with E-state index in [1.807, 2.05) is 0 Å². The Morgan fingerprint density at radius 1 is 1.47 bits per heavy atom. The van der Waals surface area contributed by atoms with Crippen molar-refractivity contribution in [2.24, 2.45) is 5.73 Å². The second kappa shape index (κ2) is 4.44. The molecule has 1 aromatic rings. The Balaban J connectivity index is 2.26. The fraction of sp³-hybridized carbons (Fsp3) is 0.600. The van der Waals surface area contributed by atoms with Crippen molar-refractivity contribution < 1.29 is 0 Å². The second-order valence-electron chi connectivity index (χ2n) is 3.78. The molecule has 0 unspecified atom stereocenters. The predicted octanol–water partition coefficient (Wildman–Crippen LogP) is -0.129. The zero-order valence-electron chi connectivity index (χ0n) is 8.70. The van der Waals surface area contributed by atoms with Crippen molar-refractivity contribution in [1.82, 2.24) is 9.97 Å². The number of anilines is 1. The zero-order valence-corrected chi connectivity index (χ0v) is 8.70. The first-order chi connectivity index (χ1) is 7.29. The quantitative estimate of drug-likeness (QED) is 0.725. The van der Waals surface area contributed by atoms with E-state index < -0.39 is 0 Å². The molecular formula is C10H16N4O. The summed E-state index contributed by atoms with van der Waals surface area (Å²) in [5.41, 5.74) is 5.35. The maximum Gasteiger partial charge on any atom is 0.252 e. The first kappa shape index (κ1) is 10.2. The van der Waals surface area contributed by atoms with Gasteiger partial charge in [0.15, 0.2) is 0 Å².